The van der Waals surface area contributed by atoms with Crippen molar-refractivity contribution in [2.24, 2.45) is 5.92 Å². The van der Waals surface area contributed by atoms with E-state index in [4.69, 9.17) is 0 Å². The molecule has 0 radical (unpaired) electrons. The molecule has 1 atom stereocenters. The van der Waals surface area contributed by atoms with Crippen molar-refractivity contribution in [1.82, 2.24) is 20.4 Å². The first kappa shape index (κ1) is 13.8. The van der Waals surface area contributed by atoms with E-state index in [0.717, 1.165) is 13.1 Å². The zero-order valence-electron chi connectivity index (χ0n) is 11.1. The number of hydrogen-bond acceptors (Lipinski definition) is 4. The van der Waals surface area contributed by atoms with Crippen molar-refractivity contribution in [2.45, 2.75) is 6.42 Å². The van der Waals surface area contributed by atoms with Gasteiger partial charge in [-0.2, -0.15) is 0 Å². The molecule has 0 aromatic carbocycles. The summed E-state index contributed by atoms with van der Waals surface area (Å²) >= 11 is 0. The van der Waals surface area contributed by atoms with Gasteiger partial charge in [-0.1, -0.05) is 0 Å². The fourth-order valence-electron chi connectivity index (χ4n) is 2.39. The molecule has 2 rings (SSSR count). The molecule has 2 N–H and O–H groups in total. The van der Waals surface area contributed by atoms with Crippen LogP contribution in [0.2, 0.25) is 0 Å². The zero-order valence-corrected chi connectivity index (χ0v) is 11.1. The molecule has 2 aliphatic heterocycles. The third-order valence-electron chi connectivity index (χ3n) is 3.55. The molecule has 7 nitrogen and oxygen atoms in total. The third-order valence-corrected chi connectivity index (χ3v) is 3.55. The van der Waals surface area contributed by atoms with E-state index < -0.39 is 0 Å². The second-order valence-electron chi connectivity index (χ2n) is 5.03. The Bertz CT molecular complexity index is 379. The summed E-state index contributed by atoms with van der Waals surface area (Å²) in [5.74, 6) is -0.593. The van der Waals surface area contributed by atoms with E-state index in [1.54, 1.807) is 11.9 Å². The molecule has 0 spiro atoms. The summed E-state index contributed by atoms with van der Waals surface area (Å²) in [4.78, 5) is 38.3. The van der Waals surface area contributed by atoms with Crippen molar-refractivity contribution in [2.75, 3.05) is 46.3 Å². The zero-order chi connectivity index (χ0) is 13.8. The van der Waals surface area contributed by atoms with Crippen LogP contribution in [0.15, 0.2) is 0 Å². The van der Waals surface area contributed by atoms with Crippen molar-refractivity contribution in [3.05, 3.63) is 0 Å². The molecular formula is C12H20N4O3. The van der Waals surface area contributed by atoms with Gasteiger partial charge in [0.25, 0.3) is 0 Å². The number of rotatable bonds is 3. The molecule has 1 unspecified atom stereocenters. The van der Waals surface area contributed by atoms with Gasteiger partial charge in [-0.05, 0) is 0 Å². The third kappa shape index (κ3) is 3.44. The highest BCUT2D eigenvalue weighted by Gasteiger charge is 2.31. The lowest BCUT2D eigenvalue weighted by molar-refractivity contribution is -0.141. The van der Waals surface area contributed by atoms with Crippen LogP contribution >= 0.6 is 0 Å². The first-order valence-corrected chi connectivity index (χ1v) is 6.58. The minimum atomic E-state index is -0.326. The van der Waals surface area contributed by atoms with E-state index in [0.29, 0.717) is 19.6 Å². The first-order chi connectivity index (χ1) is 9.08. The summed E-state index contributed by atoms with van der Waals surface area (Å²) in [6, 6.07) is 0. The van der Waals surface area contributed by atoms with Crippen LogP contribution in [0.3, 0.4) is 0 Å². The van der Waals surface area contributed by atoms with Gasteiger partial charge >= 0.3 is 0 Å². The van der Waals surface area contributed by atoms with Gasteiger partial charge in [0, 0.05) is 46.2 Å². The van der Waals surface area contributed by atoms with Gasteiger partial charge in [0.15, 0.2) is 0 Å². The summed E-state index contributed by atoms with van der Waals surface area (Å²) < 4.78 is 0. The van der Waals surface area contributed by atoms with Crippen molar-refractivity contribution in [3.8, 4) is 0 Å². The van der Waals surface area contributed by atoms with Gasteiger partial charge in [-0.15, -0.1) is 0 Å². The molecule has 2 saturated heterocycles. The van der Waals surface area contributed by atoms with E-state index in [-0.39, 0.29) is 36.6 Å². The molecule has 0 saturated carbocycles. The maximum atomic E-state index is 12.1. The Morgan fingerprint density at radius 1 is 1.37 bits per heavy atom. The average Bonchev–Trinajstić information content (AvgIpc) is 2.85. The lowest BCUT2D eigenvalue weighted by atomic mass is 10.1. The van der Waals surface area contributed by atoms with E-state index in [1.807, 2.05) is 0 Å². The molecule has 0 aliphatic carbocycles. The van der Waals surface area contributed by atoms with Crippen LogP contribution in [0.25, 0.3) is 0 Å². The minimum Gasteiger partial charge on any atom is -0.355 e. The van der Waals surface area contributed by atoms with Gasteiger partial charge in [0.1, 0.15) is 0 Å². The molecule has 19 heavy (non-hydrogen) atoms. The lowest BCUT2D eigenvalue weighted by Crippen LogP contribution is -2.50. The van der Waals surface area contributed by atoms with Crippen LogP contribution < -0.4 is 10.6 Å². The van der Waals surface area contributed by atoms with Crippen LogP contribution in [0.1, 0.15) is 6.42 Å². The maximum absolute atomic E-state index is 12.1. The fourth-order valence-corrected chi connectivity index (χ4v) is 2.39. The van der Waals surface area contributed by atoms with Crippen LogP contribution in [0.4, 0.5) is 0 Å². The van der Waals surface area contributed by atoms with Crippen molar-refractivity contribution in [3.63, 3.8) is 0 Å². The van der Waals surface area contributed by atoms with E-state index in [2.05, 4.69) is 10.6 Å². The largest absolute Gasteiger partial charge is 0.355 e. The average molecular weight is 268 g/mol. The van der Waals surface area contributed by atoms with Gasteiger partial charge in [-0.3, -0.25) is 14.4 Å². The highest BCUT2D eigenvalue weighted by atomic mass is 16.2. The summed E-state index contributed by atoms with van der Waals surface area (Å²) in [5.41, 5.74) is 0. The summed E-state index contributed by atoms with van der Waals surface area (Å²) in [5, 5.41) is 5.81. The molecule has 0 bridgehead atoms. The Hall–Kier alpha value is -1.63. The maximum Gasteiger partial charge on any atom is 0.242 e. The molecule has 2 heterocycles. The second-order valence-corrected chi connectivity index (χ2v) is 5.03. The minimum absolute atomic E-state index is 0.0327. The van der Waals surface area contributed by atoms with Gasteiger partial charge in [0.05, 0.1) is 12.5 Å². The van der Waals surface area contributed by atoms with Gasteiger partial charge in [0.2, 0.25) is 17.7 Å². The SMILES string of the molecule is CN(CC(=O)N1CCNCC1)C(=O)C1CNC(=O)C1. The number of likely N-dealkylation sites (N-methyl/N-ethyl adjacent to an activating group) is 1. The topological polar surface area (TPSA) is 81.8 Å². The highest BCUT2D eigenvalue weighted by Crippen LogP contribution is 2.12. The number of nitrogens with one attached hydrogen (secondary N) is 2. The van der Waals surface area contributed by atoms with Crippen molar-refractivity contribution >= 4 is 17.7 Å². The Kier molecular flexibility index (Phi) is 4.36. The van der Waals surface area contributed by atoms with E-state index in [1.165, 1.54) is 4.90 Å². The quantitative estimate of drug-likeness (QED) is 0.621. The number of piperazine rings is 1. The molecule has 2 fully saturated rings. The number of amides is 3. The van der Waals surface area contributed by atoms with Crippen LogP contribution in [-0.2, 0) is 14.4 Å². The van der Waals surface area contributed by atoms with Crippen molar-refractivity contribution < 1.29 is 14.4 Å². The molecule has 7 heteroatoms. The van der Waals surface area contributed by atoms with Gasteiger partial charge in [-0.25, -0.2) is 0 Å². The second kappa shape index (κ2) is 6.01. The monoisotopic (exact) mass is 268 g/mol. The van der Waals surface area contributed by atoms with E-state index in [9.17, 15) is 14.4 Å². The molecule has 3 amide bonds. The lowest BCUT2D eigenvalue weighted by Gasteiger charge is -2.29. The molecule has 2 aliphatic rings. The predicted molar refractivity (Wildman–Crippen MR) is 68.2 cm³/mol. The van der Waals surface area contributed by atoms with Gasteiger partial charge < -0.3 is 20.4 Å². The number of carbonyl (C=O) groups excluding carboxylic acids is 3. The van der Waals surface area contributed by atoms with Crippen LogP contribution in [0.5, 0.6) is 0 Å². The Morgan fingerprint density at radius 2 is 2.05 bits per heavy atom. The Labute approximate surface area is 112 Å². The normalized spacial score (nSPS) is 23.1. The summed E-state index contributed by atoms with van der Waals surface area (Å²) in [6.45, 7) is 3.43. The number of hydrogen-bond donors (Lipinski definition) is 2. The molecular weight excluding hydrogens is 248 g/mol. The molecule has 106 valence electrons. The Balaban J connectivity index is 1.82. The fraction of sp³-hybridized carbons (Fsp3) is 0.750. The standard InChI is InChI=1S/C12H20N4O3/c1-15(12(19)9-6-10(17)14-7-9)8-11(18)16-4-2-13-3-5-16/h9,13H,2-8H2,1H3,(H,14,17). The first-order valence-electron chi connectivity index (χ1n) is 6.58. The Morgan fingerprint density at radius 3 is 2.63 bits per heavy atom. The summed E-state index contributed by atoms with van der Waals surface area (Å²) in [7, 11) is 1.62. The van der Waals surface area contributed by atoms with Crippen LogP contribution in [0, 0.1) is 5.92 Å². The number of carbonyl (C=O) groups is 3. The van der Waals surface area contributed by atoms with E-state index >= 15 is 0 Å². The van der Waals surface area contributed by atoms with Crippen molar-refractivity contribution in [1.29, 1.82) is 0 Å². The number of nitrogens with zero attached hydrogens (tertiary/aromatic N) is 2. The van der Waals surface area contributed by atoms with Crippen LogP contribution in [-0.4, -0.2) is 73.8 Å². The predicted octanol–water partition coefficient (Wildman–Crippen LogP) is -1.99. The molecule has 0 aromatic rings. The smallest absolute Gasteiger partial charge is 0.242 e. The highest BCUT2D eigenvalue weighted by molar-refractivity contribution is 5.91. The summed E-state index contributed by atoms with van der Waals surface area (Å²) in [6.07, 6.45) is 0.227. The molecule has 0 aromatic heterocycles.